The largest absolute Gasteiger partial charge is 0.492 e. The fraction of sp³-hybridized carbons (Fsp3) is 0.261. The minimum absolute atomic E-state index is 0.198. The van der Waals surface area contributed by atoms with Crippen LogP contribution in [0.4, 0.5) is 10.1 Å². The molecule has 0 bridgehead atoms. The van der Waals surface area contributed by atoms with Gasteiger partial charge in [-0.1, -0.05) is 18.2 Å². The first kappa shape index (κ1) is 19.1. The van der Waals surface area contributed by atoms with E-state index in [1.165, 1.54) is 23.4 Å². The summed E-state index contributed by atoms with van der Waals surface area (Å²) in [5, 5.41) is 2.85. The normalized spacial score (nSPS) is 15.2. The first-order valence-corrected chi connectivity index (χ1v) is 9.69. The number of furan rings is 1. The quantitative estimate of drug-likeness (QED) is 0.611. The van der Waals surface area contributed by atoms with Crippen molar-refractivity contribution in [3.63, 3.8) is 0 Å². The second kappa shape index (κ2) is 8.39. The summed E-state index contributed by atoms with van der Waals surface area (Å²) in [5.74, 6) is 0.696. The lowest BCUT2D eigenvalue weighted by Crippen LogP contribution is -2.31. The number of carbonyl (C=O) groups excluding carboxylic acids is 1. The third kappa shape index (κ3) is 4.26. The van der Waals surface area contributed by atoms with Crippen LogP contribution in [-0.2, 0) is 13.0 Å². The molecule has 1 unspecified atom stereocenters. The van der Waals surface area contributed by atoms with Gasteiger partial charge >= 0.3 is 0 Å². The Bertz CT molecular complexity index is 984. The average molecular weight is 394 g/mol. The molecule has 0 radical (unpaired) electrons. The van der Waals surface area contributed by atoms with E-state index < -0.39 is 0 Å². The Morgan fingerprint density at radius 1 is 1.21 bits per heavy atom. The zero-order valence-electron chi connectivity index (χ0n) is 16.2. The van der Waals surface area contributed by atoms with Crippen molar-refractivity contribution in [1.82, 2.24) is 5.32 Å². The van der Waals surface area contributed by atoms with Crippen molar-refractivity contribution in [3.8, 4) is 5.75 Å². The molecule has 6 heteroatoms. The van der Waals surface area contributed by atoms with Crippen LogP contribution in [-0.4, -0.2) is 25.1 Å². The molecule has 0 fully saturated rings. The maximum Gasteiger partial charge on any atom is 0.255 e. The predicted molar refractivity (Wildman–Crippen MR) is 109 cm³/mol. The molecule has 0 spiro atoms. The molecule has 29 heavy (non-hydrogen) atoms. The SMILES string of the molecule is CC1Cc2ccccc2N1Cc1occc1C(=O)NCCOc1ccc(F)cc1. The molecule has 1 N–H and O–H groups in total. The van der Waals surface area contributed by atoms with Gasteiger partial charge in [0.2, 0.25) is 0 Å². The van der Waals surface area contributed by atoms with Gasteiger partial charge in [-0.3, -0.25) is 4.79 Å². The minimum Gasteiger partial charge on any atom is -0.492 e. The zero-order valence-corrected chi connectivity index (χ0v) is 16.2. The fourth-order valence-corrected chi connectivity index (χ4v) is 3.65. The molecule has 2 aromatic carbocycles. The van der Waals surface area contributed by atoms with E-state index in [1.807, 2.05) is 6.07 Å². The van der Waals surface area contributed by atoms with Crippen LogP contribution < -0.4 is 15.0 Å². The van der Waals surface area contributed by atoms with E-state index in [2.05, 4.69) is 35.3 Å². The van der Waals surface area contributed by atoms with Gasteiger partial charge in [0, 0.05) is 11.7 Å². The summed E-state index contributed by atoms with van der Waals surface area (Å²) in [7, 11) is 0. The average Bonchev–Trinajstić information content (AvgIpc) is 3.31. The first-order valence-electron chi connectivity index (χ1n) is 9.69. The highest BCUT2D eigenvalue weighted by molar-refractivity contribution is 5.95. The molecule has 0 aliphatic carbocycles. The lowest BCUT2D eigenvalue weighted by atomic mass is 10.1. The van der Waals surface area contributed by atoms with Crippen LogP contribution in [0.3, 0.4) is 0 Å². The van der Waals surface area contributed by atoms with Gasteiger partial charge in [-0.25, -0.2) is 4.39 Å². The molecular weight excluding hydrogens is 371 g/mol. The number of ether oxygens (including phenoxy) is 1. The number of benzene rings is 2. The van der Waals surface area contributed by atoms with Crippen LogP contribution in [0.15, 0.2) is 65.3 Å². The van der Waals surface area contributed by atoms with E-state index in [-0.39, 0.29) is 11.7 Å². The van der Waals surface area contributed by atoms with Crippen molar-refractivity contribution < 1.29 is 18.3 Å². The van der Waals surface area contributed by atoms with Crippen molar-refractivity contribution in [2.75, 3.05) is 18.1 Å². The lowest BCUT2D eigenvalue weighted by Gasteiger charge is -2.24. The summed E-state index contributed by atoms with van der Waals surface area (Å²) in [6, 6.07) is 16.1. The number of hydrogen-bond donors (Lipinski definition) is 1. The fourth-order valence-electron chi connectivity index (χ4n) is 3.65. The summed E-state index contributed by atoms with van der Waals surface area (Å²) in [6.45, 7) is 3.35. The molecule has 150 valence electrons. The van der Waals surface area contributed by atoms with E-state index in [1.54, 1.807) is 24.5 Å². The van der Waals surface area contributed by atoms with Gasteiger partial charge < -0.3 is 19.4 Å². The van der Waals surface area contributed by atoms with Crippen LogP contribution in [0, 0.1) is 5.82 Å². The monoisotopic (exact) mass is 394 g/mol. The third-order valence-electron chi connectivity index (χ3n) is 5.12. The summed E-state index contributed by atoms with van der Waals surface area (Å²) >= 11 is 0. The number of hydrogen-bond acceptors (Lipinski definition) is 4. The van der Waals surface area contributed by atoms with Gasteiger partial charge in [0.25, 0.3) is 5.91 Å². The Hall–Kier alpha value is -3.28. The molecule has 0 saturated heterocycles. The van der Waals surface area contributed by atoms with E-state index in [9.17, 15) is 9.18 Å². The highest BCUT2D eigenvalue weighted by atomic mass is 19.1. The lowest BCUT2D eigenvalue weighted by molar-refractivity contribution is 0.0945. The zero-order chi connectivity index (χ0) is 20.2. The molecule has 2 heterocycles. The number of rotatable bonds is 7. The summed E-state index contributed by atoms with van der Waals surface area (Å²) in [6.07, 6.45) is 2.53. The third-order valence-corrected chi connectivity index (χ3v) is 5.12. The van der Waals surface area contributed by atoms with Crippen molar-refractivity contribution in [3.05, 3.63) is 83.6 Å². The first-order chi connectivity index (χ1) is 14.1. The Labute approximate surface area is 169 Å². The molecule has 3 aromatic rings. The number of anilines is 1. The molecule has 0 saturated carbocycles. The number of amides is 1. The minimum atomic E-state index is -0.312. The number of nitrogens with zero attached hydrogens (tertiary/aromatic N) is 1. The Kier molecular flexibility index (Phi) is 5.51. The summed E-state index contributed by atoms with van der Waals surface area (Å²) in [4.78, 5) is 14.9. The number of nitrogens with one attached hydrogen (secondary N) is 1. The van der Waals surface area contributed by atoms with Gasteiger partial charge in [0.1, 0.15) is 23.9 Å². The van der Waals surface area contributed by atoms with E-state index in [0.717, 1.165) is 6.42 Å². The maximum atomic E-state index is 12.9. The Morgan fingerprint density at radius 2 is 2.00 bits per heavy atom. The molecule has 1 aliphatic rings. The van der Waals surface area contributed by atoms with Gasteiger partial charge in [-0.05, 0) is 55.3 Å². The smallest absolute Gasteiger partial charge is 0.255 e. The van der Waals surface area contributed by atoms with Crippen molar-refractivity contribution >= 4 is 11.6 Å². The molecule has 1 atom stereocenters. The number of fused-ring (bicyclic) bond motifs is 1. The number of carbonyl (C=O) groups is 1. The Balaban J connectivity index is 1.34. The highest BCUT2D eigenvalue weighted by Crippen LogP contribution is 2.33. The van der Waals surface area contributed by atoms with Crippen LogP contribution in [0.1, 0.15) is 28.6 Å². The van der Waals surface area contributed by atoms with Crippen LogP contribution >= 0.6 is 0 Å². The molecule has 5 nitrogen and oxygen atoms in total. The van der Waals surface area contributed by atoms with E-state index in [0.29, 0.717) is 42.8 Å². The Morgan fingerprint density at radius 3 is 2.83 bits per heavy atom. The van der Waals surface area contributed by atoms with Gasteiger partial charge in [0.05, 0.1) is 24.9 Å². The van der Waals surface area contributed by atoms with Crippen LogP contribution in [0.5, 0.6) is 5.75 Å². The highest BCUT2D eigenvalue weighted by Gasteiger charge is 2.27. The maximum absolute atomic E-state index is 12.9. The topological polar surface area (TPSA) is 54.7 Å². The van der Waals surface area contributed by atoms with Crippen molar-refractivity contribution in [2.24, 2.45) is 0 Å². The number of halogens is 1. The molecular formula is C23H23FN2O3. The van der Waals surface area contributed by atoms with Crippen molar-refractivity contribution in [1.29, 1.82) is 0 Å². The molecule has 1 aromatic heterocycles. The second-order valence-corrected chi connectivity index (χ2v) is 7.13. The van der Waals surface area contributed by atoms with Gasteiger partial charge in [-0.15, -0.1) is 0 Å². The molecule has 1 aliphatic heterocycles. The predicted octanol–water partition coefficient (Wildman–Crippen LogP) is 4.18. The van der Waals surface area contributed by atoms with Crippen molar-refractivity contribution in [2.45, 2.75) is 25.9 Å². The molecule has 1 amide bonds. The van der Waals surface area contributed by atoms with E-state index >= 15 is 0 Å². The van der Waals surface area contributed by atoms with Crippen LogP contribution in [0.2, 0.25) is 0 Å². The number of para-hydroxylation sites is 1. The second-order valence-electron chi connectivity index (χ2n) is 7.13. The summed E-state index contributed by atoms with van der Waals surface area (Å²) < 4.78 is 24.0. The summed E-state index contributed by atoms with van der Waals surface area (Å²) in [5.41, 5.74) is 3.04. The van der Waals surface area contributed by atoms with Gasteiger partial charge in [-0.2, -0.15) is 0 Å². The standard InChI is InChI=1S/C23H23FN2O3/c1-16-14-17-4-2-3-5-21(17)26(16)15-22-20(10-12-29-22)23(27)25-11-13-28-19-8-6-18(24)7-9-19/h2-10,12,16H,11,13-15H2,1H3,(H,25,27). The van der Waals surface area contributed by atoms with E-state index in [4.69, 9.17) is 9.15 Å². The van der Waals surface area contributed by atoms with Gasteiger partial charge in [0.15, 0.2) is 0 Å². The van der Waals surface area contributed by atoms with Crippen LogP contribution in [0.25, 0.3) is 0 Å². The molecule has 4 rings (SSSR count).